The Bertz CT molecular complexity index is 647. The van der Waals surface area contributed by atoms with E-state index < -0.39 is 11.9 Å². The van der Waals surface area contributed by atoms with Crippen molar-refractivity contribution in [2.75, 3.05) is 17.7 Å². The lowest BCUT2D eigenvalue weighted by Crippen LogP contribution is -2.10. The highest BCUT2D eigenvalue weighted by Gasteiger charge is 2.18. The van der Waals surface area contributed by atoms with Crippen LogP contribution in [0.5, 0.6) is 0 Å². The number of hydrogen-bond acceptors (Lipinski definition) is 7. The van der Waals surface area contributed by atoms with E-state index in [0.717, 1.165) is 11.3 Å². The van der Waals surface area contributed by atoms with Gasteiger partial charge in [0.25, 0.3) is 5.91 Å². The second-order valence-electron chi connectivity index (χ2n) is 3.81. The van der Waals surface area contributed by atoms with Gasteiger partial charge in [-0.2, -0.15) is 0 Å². The Balaban J connectivity index is 2.12. The van der Waals surface area contributed by atoms with E-state index in [2.05, 4.69) is 10.3 Å². The van der Waals surface area contributed by atoms with Gasteiger partial charge in [0.15, 0.2) is 16.8 Å². The van der Waals surface area contributed by atoms with Gasteiger partial charge in [-0.3, -0.25) is 10.1 Å². The van der Waals surface area contributed by atoms with Gasteiger partial charge in [0.2, 0.25) is 0 Å². The molecule has 20 heavy (non-hydrogen) atoms. The molecule has 8 heteroatoms. The van der Waals surface area contributed by atoms with Gasteiger partial charge in [-0.25, -0.2) is 9.78 Å². The summed E-state index contributed by atoms with van der Waals surface area (Å²) < 4.78 is 9.89. The molecule has 7 nitrogen and oxygen atoms in total. The van der Waals surface area contributed by atoms with E-state index >= 15 is 0 Å². The zero-order chi connectivity index (χ0) is 14.7. The lowest BCUT2D eigenvalue weighted by molar-refractivity contribution is 0.0531. The van der Waals surface area contributed by atoms with Crippen molar-refractivity contribution >= 4 is 34.2 Å². The summed E-state index contributed by atoms with van der Waals surface area (Å²) >= 11 is 1.05. The second-order valence-corrected chi connectivity index (χ2v) is 4.81. The van der Waals surface area contributed by atoms with E-state index in [1.165, 1.54) is 12.1 Å². The summed E-state index contributed by atoms with van der Waals surface area (Å²) in [5, 5.41) is 2.84. The van der Waals surface area contributed by atoms with Gasteiger partial charge in [0.1, 0.15) is 4.88 Å². The van der Waals surface area contributed by atoms with Crippen LogP contribution in [0.15, 0.2) is 16.5 Å². The van der Waals surface area contributed by atoms with Crippen LogP contribution in [0, 0.1) is 6.92 Å². The van der Waals surface area contributed by atoms with Gasteiger partial charge in [0.05, 0.1) is 12.3 Å². The van der Waals surface area contributed by atoms with Crippen molar-refractivity contribution in [2.45, 2.75) is 13.8 Å². The number of carbonyl (C=O) groups excluding carboxylic acids is 2. The normalized spacial score (nSPS) is 10.3. The predicted octanol–water partition coefficient (Wildman–Crippen LogP) is 2.06. The van der Waals surface area contributed by atoms with Gasteiger partial charge in [-0.15, -0.1) is 0 Å². The number of aromatic nitrogens is 1. The molecule has 2 heterocycles. The molecular weight excluding hydrogens is 282 g/mol. The number of amides is 1. The standard InChI is InChI=1S/C12H13N3O4S/c1-3-18-11(17)9-6(2)14-12(20-9)15-10(16)7-4-5-8(13)19-7/h4-5H,3,13H2,1-2H3,(H,14,15,16). The van der Waals surface area contributed by atoms with Crippen molar-refractivity contribution in [3.63, 3.8) is 0 Å². The molecule has 2 aromatic rings. The molecule has 0 atom stereocenters. The number of aryl methyl sites for hydroxylation is 1. The van der Waals surface area contributed by atoms with Crippen molar-refractivity contribution in [3.8, 4) is 0 Å². The first-order chi connectivity index (χ1) is 9.51. The van der Waals surface area contributed by atoms with Gasteiger partial charge >= 0.3 is 5.97 Å². The number of hydrogen-bond donors (Lipinski definition) is 2. The number of ether oxygens (including phenoxy) is 1. The minimum atomic E-state index is -0.481. The van der Waals surface area contributed by atoms with Gasteiger partial charge in [-0.1, -0.05) is 11.3 Å². The zero-order valence-electron chi connectivity index (χ0n) is 10.9. The number of nitrogens with two attached hydrogens (primary N) is 1. The molecule has 0 aromatic carbocycles. The quantitative estimate of drug-likeness (QED) is 0.836. The van der Waals surface area contributed by atoms with E-state index in [-0.39, 0.29) is 18.3 Å². The average molecular weight is 295 g/mol. The average Bonchev–Trinajstić information content (AvgIpc) is 2.96. The number of anilines is 2. The van der Waals surface area contributed by atoms with E-state index in [4.69, 9.17) is 14.9 Å². The molecule has 3 N–H and O–H groups in total. The minimum absolute atomic E-state index is 0.0769. The number of furan rings is 1. The Kier molecular flexibility index (Phi) is 4.04. The lowest BCUT2D eigenvalue weighted by atomic mass is 10.4. The van der Waals surface area contributed by atoms with Crippen LogP contribution in [0.4, 0.5) is 11.0 Å². The van der Waals surface area contributed by atoms with E-state index in [1.54, 1.807) is 13.8 Å². The maximum Gasteiger partial charge on any atom is 0.350 e. The zero-order valence-corrected chi connectivity index (χ0v) is 11.7. The molecule has 0 saturated heterocycles. The highest BCUT2D eigenvalue weighted by atomic mass is 32.1. The number of rotatable bonds is 4. The van der Waals surface area contributed by atoms with Crippen LogP contribution in [-0.2, 0) is 4.74 Å². The fraction of sp³-hybridized carbons (Fsp3) is 0.250. The first-order valence-electron chi connectivity index (χ1n) is 5.82. The summed E-state index contributed by atoms with van der Waals surface area (Å²) in [6.07, 6.45) is 0. The number of esters is 1. The summed E-state index contributed by atoms with van der Waals surface area (Å²) in [4.78, 5) is 27.9. The molecule has 2 rings (SSSR count). The van der Waals surface area contributed by atoms with Crippen LogP contribution in [0.2, 0.25) is 0 Å². The Morgan fingerprint density at radius 3 is 2.85 bits per heavy atom. The minimum Gasteiger partial charge on any atom is -0.462 e. The maximum absolute atomic E-state index is 11.8. The molecule has 106 valence electrons. The lowest BCUT2D eigenvalue weighted by Gasteiger charge is -1.98. The van der Waals surface area contributed by atoms with Gasteiger partial charge in [-0.05, 0) is 19.9 Å². The maximum atomic E-state index is 11.8. The number of nitrogen functional groups attached to an aromatic ring is 1. The van der Waals surface area contributed by atoms with Crippen molar-refractivity contribution in [3.05, 3.63) is 28.5 Å². The molecule has 0 spiro atoms. The van der Waals surface area contributed by atoms with Crippen LogP contribution in [0.3, 0.4) is 0 Å². The number of nitrogens with zero attached hydrogens (tertiary/aromatic N) is 1. The smallest absolute Gasteiger partial charge is 0.350 e. The Morgan fingerprint density at radius 1 is 1.50 bits per heavy atom. The topological polar surface area (TPSA) is 107 Å². The van der Waals surface area contributed by atoms with Crippen molar-refractivity contribution in [2.24, 2.45) is 0 Å². The van der Waals surface area contributed by atoms with E-state index in [1.807, 2.05) is 0 Å². The Hall–Kier alpha value is -2.35. The van der Waals surface area contributed by atoms with Crippen LogP contribution in [0.25, 0.3) is 0 Å². The molecule has 0 radical (unpaired) electrons. The summed E-state index contributed by atoms with van der Waals surface area (Å²) in [6, 6.07) is 2.93. The number of carbonyl (C=O) groups is 2. The van der Waals surface area contributed by atoms with Crippen molar-refractivity contribution < 1.29 is 18.7 Å². The molecule has 1 amide bonds. The SMILES string of the molecule is CCOC(=O)c1sc(NC(=O)c2ccc(N)o2)nc1C. The largest absolute Gasteiger partial charge is 0.462 e. The van der Waals surface area contributed by atoms with Gasteiger partial charge < -0.3 is 14.9 Å². The van der Waals surface area contributed by atoms with Crippen LogP contribution in [-0.4, -0.2) is 23.5 Å². The third-order valence-corrected chi connectivity index (χ3v) is 3.38. The molecule has 0 aliphatic carbocycles. The van der Waals surface area contributed by atoms with E-state index in [0.29, 0.717) is 15.7 Å². The summed E-state index contributed by atoms with van der Waals surface area (Å²) in [5.41, 5.74) is 5.89. The monoisotopic (exact) mass is 295 g/mol. The van der Waals surface area contributed by atoms with Gasteiger partial charge in [0, 0.05) is 6.07 Å². The fourth-order valence-corrected chi connectivity index (χ4v) is 2.32. The predicted molar refractivity (Wildman–Crippen MR) is 73.9 cm³/mol. The molecule has 0 bridgehead atoms. The Morgan fingerprint density at radius 2 is 2.25 bits per heavy atom. The molecule has 0 unspecified atom stereocenters. The third-order valence-electron chi connectivity index (χ3n) is 2.33. The first kappa shape index (κ1) is 14.1. The molecule has 2 aromatic heterocycles. The molecule has 0 fully saturated rings. The van der Waals surface area contributed by atoms with E-state index in [9.17, 15) is 9.59 Å². The van der Waals surface area contributed by atoms with Crippen LogP contribution >= 0.6 is 11.3 Å². The van der Waals surface area contributed by atoms with Crippen molar-refractivity contribution in [1.82, 2.24) is 4.98 Å². The highest BCUT2D eigenvalue weighted by Crippen LogP contribution is 2.24. The first-order valence-corrected chi connectivity index (χ1v) is 6.64. The molecule has 0 saturated carbocycles. The number of nitrogens with one attached hydrogen (secondary N) is 1. The summed E-state index contributed by atoms with van der Waals surface area (Å²) in [5.74, 6) is -0.707. The molecule has 0 aliphatic rings. The van der Waals surface area contributed by atoms with Crippen molar-refractivity contribution in [1.29, 1.82) is 0 Å². The molecular formula is C12H13N3O4S. The van der Waals surface area contributed by atoms with Crippen LogP contribution < -0.4 is 11.1 Å². The second kappa shape index (κ2) is 5.74. The molecule has 0 aliphatic heterocycles. The summed E-state index contributed by atoms with van der Waals surface area (Å²) in [6.45, 7) is 3.67. The Labute approximate surface area is 118 Å². The van der Waals surface area contributed by atoms with Crippen LogP contribution in [0.1, 0.15) is 32.8 Å². The number of thiazole rings is 1. The highest BCUT2D eigenvalue weighted by molar-refractivity contribution is 7.17. The summed E-state index contributed by atoms with van der Waals surface area (Å²) in [7, 11) is 0. The third kappa shape index (κ3) is 2.97. The fourth-order valence-electron chi connectivity index (χ4n) is 1.47.